The van der Waals surface area contributed by atoms with Crippen molar-refractivity contribution in [1.29, 1.82) is 0 Å². The van der Waals surface area contributed by atoms with Gasteiger partial charge in [0.25, 0.3) is 0 Å². The van der Waals surface area contributed by atoms with Crippen LogP contribution in [0.4, 0.5) is 11.6 Å². The second-order valence-corrected chi connectivity index (χ2v) is 4.00. The maximum atomic E-state index is 10.8. The Bertz CT molecular complexity index is 399. The molecule has 2 N–H and O–H groups in total. The standard InChI is InChI=1S/C8H12N4O3S/c1-5-6(12(13)14)7(11-8(9)10-5)16-4-3-15-2/h3-4H2,1-2H3,(H2,9,10,11). The zero-order valence-electron chi connectivity index (χ0n) is 8.97. The molecule has 0 unspecified atom stereocenters. The minimum Gasteiger partial charge on any atom is -0.384 e. The number of nitro groups is 1. The van der Waals surface area contributed by atoms with Crippen molar-refractivity contribution in [2.75, 3.05) is 25.2 Å². The molecular weight excluding hydrogens is 232 g/mol. The van der Waals surface area contributed by atoms with Crippen molar-refractivity contribution >= 4 is 23.4 Å². The third-order valence-corrected chi connectivity index (χ3v) is 2.68. The molecule has 0 radical (unpaired) electrons. The number of nitrogen functional groups attached to an aromatic ring is 1. The number of thioether (sulfide) groups is 1. The molecule has 7 nitrogen and oxygen atoms in total. The number of hydrogen-bond acceptors (Lipinski definition) is 7. The summed E-state index contributed by atoms with van der Waals surface area (Å²) in [5.74, 6) is 0.621. The molecule has 0 saturated heterocycles. The highest BCUT2D eigenvalue weighted by atomic mass is 32.2. The Kier molecular flexibility index (Phi) is 4.44. The van der Waals surface area contributed by atoms with Crippen LogP contribution in [0.2, 0.25) is 0 Å². The Morgan fingerprint density at radius 2 is 2.25 bits per heavy atom. The molecule has 0 spiro atoms. The molecule has 0 atom stereocenters. The number of nitrogens with zero attached hydrogens (tertiary/aromatic N) is 3. The molecule has 0 aliphatic rings. The lowest BCUT2D eigenvalue weighted by atomic mass is 10.4. The molecule has 88 valence electrons. The topological polar surface area (TPSA) is 104 Å². The largest absolute Gasteiger partial charge is 0.384 e. The Morgan fingerprint density at radius 1 is 1.56 bits per heavy atom. The summed E-state index contributed by atoms with van der Waals surface area (Å²) in [5.41, 5.74) is 5.63. The Morgan fingerprint density at radius 3 is 2.81 bits per heavy atom. The van der Waals surface area contributed by atoms with Gasteiger partial charge in [-0.2, -0.15) is 4.98 Å². The van der Waals surface area contributed by atoms with Gasteiger partial charge in [-0.1, -0.05) is 11.8 Å². The second kappa shape index (κ2) is 5.61. The third-order valence-electron chi connectivity index (χ3n) is 1.75. The van der Waals surface area contributed by atoms with Crippen LogP contribution < -0.4 is 5.73 Å². The minimum atomic E-state index is -0.496. The van der Waals surface area contributed by atoms with Crippen LogP contribution in [0.3, 0.4) is 0 Å². The molecule has 0 amide bonds. The molecule has 16 heavy (non-hydrogen) atoms. The fourth-order valence-electron chi connectivity index (χ4n) is 1.09. The van der Waals surface area contributed by atoms with E-state index < -0.39 is 4.92 Å². The number of aryl methyl sites for hydroxylation is 1. The van der Waals surface area contributed by atoms with E-state index in [2.05, 4.69) is 9.97 Å². The van der Waals surface area contributed by atoms with Crippen LogP contribution in [0.1, 0.15) is 5.69 Å². The lowest BCUT2D eigenvalue weighted by Crippen LogP contribution is -2.05. The third kappa shape index (κ3) is 3.04. The molecule has 0 aromatic carbocycles. The van der Waals surface area contributed by atoms with Crippen molar-refractivity contribution < 1.29 is 9.66 Å². The van der Waals surface area contributed by atoms with Crippen LogP contribution in [0.15, 0.2) is 5.03 Å². The molecule has 0 aliphatic carbocycles. The predicted octanol–water partition coefficient (Wildman–Crippen LogP) is 1.01. The van der Waals surface area contributed by atoms with Crippen LogP contribution in [0.25, 0.3) is 0 Å². The Labute approximate surface area is 96.6 Å². The predicted molar refractivity (Wildman–Crippen MR) is 60.4 cm³/mol. The summed E-state index contributed by atoms with van der Waals surface area (Å²) in [6.45, 7) is 2.03. The number of methoxy groups -OCH3 is 1. The van der Waals surface area contributed by atoms with Gasteiger partial charge >= 0.3 is 5.69 Å². The maximum Gasteiger partial charge on any atom is 0.322 e. The van der Waals surface area contributed by atoms with E-state index >= 15 is 0 Å². The average Bonchev–Trinajstić information content (AvgIpc) is 2.16. The van der Waals surface area contributed by atoms with Crippen LogP contribution in [-0.2, 0) is 4.74 Å². The van der Waals surface area contributed by atoms with Gasteiger partial charge in [0, 0.05) is 12.9 Å². The fourth-order valence-corrected chi connectivity index (χ4v) is 2.05. The molecule has 1 heterocycles. The number of rotatable bonds is 5. The smallest absolute Gasteiger partial charge is 0.322 e. The van der Waals surface area contributed by atoms with Crippen molar-refractivity contribution in [3.05, 3.63) is 15.8 Å². The second-order valence-electron chi connectivity index (χ2n) is 2.92. The van der Waals surface area contributed by atoms with Crippen LogP contribution in [-0.4, -0.2) is 34.4 Å². The molecule has 1 rings (SSSR count). The van der Waals surface area contributed by atoms with Crippen LogP contribution in [0, 0.1) is 17.0 Å². The molecule has 0 fully saturated rings. The van der Waals surface area contributed by atoms with E-state index in [9.17, 15) is 10.1 Å². The summed E-state index contributed by atoms with van der Waals surface area (Å²) in [4.78, 5) is 18.0. The monoisotopic (exact) mass is 244 g/mol. The van der Waals surface area contributed by atoms with E-state index in [0.717, 1.165) is 0 Å². The SMILES string of the molecule is COCCSc1nc(N)nc(C)c1[N+](=O)[O-]. The summed E-state index contributed by atoms with van der Waals surface area (Å²) in [5, 5.41) is 11.1. The van der Waals surface area contributed by atoms with Gasteiger partial charge in [-0.3, -0.25) is 10.1 Å². The van der Waals surface area contributed by atoms with E-state index in [1.54, 1.807) is 7.11 Å². The van der Waals surface area contributed by atoms with Gasteiger partial charge < -0.3 is 10.5 Å². The normalized spacial score (nSPS) is 10.4. The molecule has 8 heteroatoms. The highest BCUT2D eigenvalue weighted by molar-refractivity contribution is 7.99. The quantitative estimate of drug-likeness (QED) is 0.271. The number of ether oxygens (including phenoxy) is 1. The van der Waals surface area contributed by atoms with E-state index in [1.165, 1.54) is 18.7 Å². The first-order chi connectivity index (χ1) is 7.56. The van der Waals surface area contributed by atoms with Gasteiger partial charge in [-0.05, 0) is 6.92 Å². The minimum absolute atomic E-state index is 0.0445. The number of nitrogens with two attached hydrogens (primary N) is 1. The molecule has 0 saturated carbocycles. The maximum absolute atomic E-state index is 10.8. The zero-order chi connectivity index (χ0) is 12.1. The highest BCUT2D eigenvalue weighted by Crippen LogP contribution is 2.29. The van der Waals surface area contributed by atoms with E-state index in [-0.39, 0.29) is 22.4 Å². The first-order valence-electron chi connectivity index (χ1n) is 4.46. The van der Waals surface area contributed by atoms with Gasteiger partial charge in [-0.25, -0.2) is 4.98 Å². The van der Waals surface area contributed by atoms with Crippen LogP contribution >= 0.6 is 11.8 Å². The molecule has 0 aliphatic heterocycles. The van der Waals surface area contributed by atoms with E-state index in [1.807, 2.05) is 0 Å². The lowest BCUT2D eigenvalue weighted by Gasteiger charge is -2.04. The first-order valence-corrected chi connectivity index (χ1v) is 5.45. The van der Waals surface area contributed by atoms with Gasteiger partial charge in [0.2, 0.25) is 5.95 Å². The number of aromatic nitrogens is 2. The van der Waals surface area contributed by atoms with Crippen molar-refractivity contribution in [2.45, 2.75) is 11.9 Å². The van der Waals surface area contributed by atoms with E-state index in [0.29, 0.717) is 12.4 Å². The Hall–Kier alpha value is -1.41. The molecule has 1 aromatic heterocycles. The summed E-state index contributed by atoms with van der Waals surface area (Å²) >= 11 is 1.23. The summed E-state index contributed by atoms with van der Waals surface area (Å²) in [7, 11) is 1.56. The molecule has 0 bridgehead atoms. The van der Waals surface area contributed by atoms with Crippen molar-refractivity contribution in [1.82, 2.24) is 9.97 Å². The zero-order valence-corrected chi connectivity index (χ0v) is 9.78. The van der Waals surface area contributed by atoms with Gasteiger partial charge in [0.15, 0.2) is 5.03 Å². The summed E-state index contributed by atoms with van der Waals surface area (Å²) < 4.78 is 4.86. The van der Waals surface area contributed by atoms with Crippen LogP contribution in [0.5, 0.6) is 0 Å². The van der Waals surface area contributed by atoms with Crippen molar-refractivity contribution in [2.24, 2.45) is 0 Å². The first kappa shape index (κ1) is 12.7. The average molecular weight is 244 g/mol. The Balaban J connectivity index is 2.99. The lowest BCUT2D eigenvalue weighted by molar-refractivity contribution is -0.389. The summed E-state index contributed by atoms with van der Waals surface area (Å²) in [6.07, 6.45) is 0. The van der Waals surface area contributed by atoms with Gasteiger partial charge in [0.1, 0.15) is 5.69 Å². The molecular formula is C8H12N4O3S. The van der Waals surface area contributed by atoms with E-state index in [4.69, 9.17) is 10.5 Å². The fraction of sp³-hybridized carbons (Fsp3) is 0.500. The van der Waals surface area contributed by atoms with Crippen molar-refractivity contribution in [3.63, 3.8) is 0 Å². The summed E-state index contributed by atoms with van der Waals surface area (Å²) in [6, 6.07) is 0. The number of anilines is 1. The number of hydrogen-bond donors (Lipinski definition) is 1. The van der Waals surface area contributed by atoms with Gasteiger partial charge in [-0.15, -0.1) is 0 Å². The highest BCUT2D eigenvalue weighted by Gasteiger charge is 2.21. The van der Waals surface area contributed by atoms with Crippen molar-refractivity contribution in [3.8, 4) is 0 Å². The van der Waals surface area contributed by atoms with Gasteiger partial charge in [0.05, 0.1) is 11.5 Å². The molecule has 1 aromatic rings.